The Hall–Kier alpha value is -12.6. The fourth-order valence-corrected chi connectivity index (χ4v) is 19.0. The fraction of sp³-hybridized carbons (Fsp3) is 0.165. The Balaban J connectivity index is 0.000000151. The van der Waals surface area contributed by atoms with Crippen molar-refractivity contribution in [3.05, 3.63) is 360 Å². The number of fused-ring (bicyclic) bond motifs is 6. The van der Waals surface area contributed by atoms with Crippen LogP contribution in [0.15, 0.2) is 286 Å². The van der Waals surface area contributed by atoms with Crippen LogP contribution >= 0.6 is 0 Å². The number of para-hydroxylation sites is 4. The standard InChI is InChI=1S/C26H22N3O.C26H20NO.C24H19N2OSi.C11H13NO2.C10H13NO2.C6H5NO2.3Ir/c1-28-23-8-4-5-9-24(23)29(2)26-21(7-6-10-25(26)28)22-16-13-19(17-27-22)18-11-14-20(30-3)15-12-18;1-26(2)21-12-6-7-13-23(21)28-24-14-8-11-20(25(24)26)22-16-15-19(17-27-22)18-9-4-3-5-10-18;1-28(2)23-9-4-3-7-21(23)27-22-8-5-6-19(24(22)28)20-16-18(12-15-26-20)17-10-13-25-14-11-17;13-11(14)10-6-5-9(7-12-10)8-3-1-2-4-8;1-5-6(2)8(4)11-9(7(5)3)10(12)13;8-6(9)5-3-1-2-4-7-5;;;/h4-6,8-17H,1-3H3;3-10,12-17H,1-2H3;3-5,7-16H,1-2H3;5-8H,1-4H2,(H,13,14);1-4H3,(H,12,13);1-4H,(H,8,9);;;/q3*-1;;;;;;. The fourth-order valence-electron chi connectivity index (χ4n) is 15.9. The van der Waals surface area contributed by atoms with Crippen LogP contribution < -0.4 is 34.4 Å². The van der Waals surface area contributed by atoms with Gasteiger partial charge in [-0.15, -0.1) is 65.7 Å². The maximum absolute atomic E-state index is 10.8. The minimum Gasteiger partial charge on any atom is -0.497 e. The number of hydrogen-bond acceptors (Lipinski definition) is 15. The van der Waals surface area contributed by atoms with Crippen LogP contribution in [-0.2, 0) is 65.7 Å². The van der Waals surface area contributed by atoms with E-state index in [1.807, 2.05) is 167 Å². The first-order valence-corrected chi connectivity index (χ1v) is 43.3. The molecule has 10 heterocycles. The van der Waals surface area contributed by atoms with Gasteiger partial charge in [-0.05, 0) is 220 Å². The Bertz CT molecular complexity index is 6270. The van der Waals surface area contributed by atoms with Crippen LogP contribution in [0.3, 0.4) is 0 Å². The molecule has 18 nitrogen and oxygen atoms in total. The smallest absolute Gasteiger partial charge is 0.354 e. The van der Waals surface area contributed by atoms with Crippen molar-refractivity contribution in [3.8, 4) is 95.9 Å². The van der Waals surface area contributed by atoms with Gasteiger partial charge >= 0.3 is 17.9 Å². The summed E-state index contributed by atoms with van der Waals surface area (Å²) in [6.45, 7) is 16.7. The molecule has 15 aromatic rings. The number of rotatable bonds is 11. The van der Waals surface area contributed by atoms with Crippen molar-refractivity contribution >= 4 is 59.1 Å². The van der Waals surface area contributed by atoms with Gasteiger partial charge in [-0.25, -0.2) is 29.3 Å². The van der Waals surface area contributed by atoms with Gasteiger partial charge in [-0.2, -0.15) is 0 Å². The molecule has 19 rings (SSSR count). The molecule has 637 valence electrons. The van der Waals surface area contributed by atoms with E-state index in [2.05, 4.69) is 197 Å². The van der Waals surface area contributed by atoms with Crippen molar-refractivity contribution in [2.75, 3.05) is 31.0 Å². The zero-order chi connectivity index (χ0) is 85.8. The number of ether oxygens (including phenoxy) is 3. The van der Waals surface area contributed by atoms with Gasteiger partial charge < -0.3 is 54.3 Å². The van der Waals surface area contributed by atoms with Crippen LogP contribution in [0.1, 0.15) is 116 Å². The summed E-state index contributed by atoms with van der Waals surface area (Å²) in [5.41, 5.74) is 24.4. The van der Waals surface area contributed by atoms with Crippen molar-refractivity contribution in [1.29, 1.82) is 0 Å². The molecule has 8 aromatic carbocycles. The molecule has 3 aliphatic heterocycles. The van der Waals surface area contributed by atoms with Gasteiger partial charge in [0.1, 0.15) is 28.6 Å². The van der Waals surface area contributed by atoms with Crippen molar-refractivity contribution in [1.82, 2.24) is 34.9 Å². The molecule has 0 unspecified atom stereocenters. The number of anilines is 4. The predicted octanol–water partition coefficient (Wildman–Crippen LogP) is 22.5. The summed E-state index contributed by atoms with van der Waals surface area (Å²) in [6.07, 6.45) is 17.5. The van der Waals surface area contributed by atoms with Crippen LogP contribution in [0.25, 0.3) is 67.2 Å². The van der Waals surface area contributed by atoms with Crippen LogP contribution in [0.5, 0.6) is 28.7 Å². The van der Waals surface area contributed by atoms with Gasteiger partial charge in [-0.1, -0.05) is 190 Å². The molecule has 0 amide bonds. The van der Waals surface area contributed by atoms with Gasteiger partial charge in [0.2, 0.25) is 0 Å². The quantitative estimate of drug-likeness (QED) is 0.0806. The van der Waals surface area contributed by atoms with E-state index in [-0.39, 0.29) is 82.8 Å². The Morgan fingerprint density at radius 1 is 0.464 bits per heavy atom. The van der Waals surface area contributed by atoms with Gasteiger partial charge in [-0.3, -0.25) is 4.98 Å². The summed E-state index contributed by atoms with van der Waals surface area (Å²) >= 11 is 0. The molecule has 22 heteroatoms. The molecule has 3 radical (unpaired) electrons. The van der Waals surface area contributed by atoms with Crippen molar-refractivity contribution in [2.24, 2.45) is 0 Å². The molecule has 3 N–H and O–H groups in total. The third-order valence-electron chi connectivity index (χ3n) is 22.8. The minimum absolute atomic E-state index is 0. The molecule has 7 aromatic heterocycles. The number of aromatic nitrogens is 7. The van der Waals surface area contributed by atoms with E-state index < -0.39 is 26.0 Å². The number of pyridine rings is 7. The molecule has 1 fully saturated rings. The zero-order valence-electron chi connectivity index (χ0n) is 70.9. The van der Waals surface area contributed by atoms with E-state index in [9.17, 15) is 14.4 Å². The minimum atomic E-state index is -1.96. The van der Waals surface area contributed by atoms with E-state index in [0.29, 0.717) is 5.92 Å². The van der Waals surface area contributed by atoms with Crippen LogP contribution in [0.4, 0.5) is 22.7 Å². The van der Waals surface area contributed by atoms with E-state index in [0.717, 1.165) is 130 Å². The topological polar surface area (TPSA) is 236 Å². The summed E-state index contributed by atoms with van der Waals surface area (Å²) in [6, 6.07) is 90.5. The molecular weight excluding hydrogens is 2110 g/mol. The normalized spacial score (nSPS) is 12.8. The second-order valence-corrected chi connectivity index (χ2v) is 35.2. The maximum Gasteiger partial charge on any atom is 0.354 e. The van der Waals surface area contributed by atoms with Gasteiger partial charge in [0.05, 0.1) is 32.3 Å². The third-order valence-corrected chi connectivity index (χ3v) is 26.3. The molecule has 0 saturated heterocycles. The summed E-state index contributed by atoms with van der Waals surface area (Å²) in [4.78, 5) is 65.8. The van der Waals surface area contributed by atoms with E-state index in [1.165, 1.54) is 76.4 Å². The van der Waals surface area contributed by atoms with Crippen LogP contribution in [0.2, 0.25) is 13.1 Å². The first-order chi connectivity index (χ1) is 59.0. The van der Waals surface area contributed by atoms with Crippen molar-refractivity contribution in [2.45, 2.75) is 91.7 Å². The number of hydrogen-bond donors (Lipinski definition) is 3. The molecular formula is C103H92Ir3N9O9Si-3. The Morgan fingerprint density at radius 3 is 1.63 bits per heavy atom. The molecule has 0 spiro atoms. The number of carbonyl (C=O) groups is 3. The van der Waals surface area contributed by atoms with Gasteiger partial charge in [0.15, 0.2) is 5.69 Å². The Labute approximate surface area is 771 Å². The zero-order valence-corrected chi connectivity index (χ0v) is 79.0. The predicted molar refractivity (Wildman–Crippen MR) is 484 cm³/mol. The summed E-state index contributed by atoms with van der Waals surface area (Å²) in [5, 5.41) is 28.4. The van der Waals surface area contributed by atoms with E-state index in [4.69, 9.17) is 39.5 Å². The van der Waals surface area contributed by atoms with E-state index >= 15 is 0 Å². The SMILES string of the molecule is CC1(C)c2ccccc2Oc2cc[c-]c(-c3ccc(-c4ccccc4)cn3)c21.COc1ccc(-c2ccc(-c3[c-]ccc4c3N(C)c3ccccc3N4C)nc2)cc1.C[Si]1(C)c2ccccc2Oc2cc[c-]c(-c3cc(-c4ccncc4)ccn3)c21.Cc1nc(C(=O)O)c(C)c(C)c1C.O=C(O)c1ccc(C2CCCC2)cn1.O=C(O)c1ccccn1.[Ir].[Ir].[Ir]. The number of methoxy groups -OCH3 is 1. The molecule has 1 aliphatic carbocycles. The molecule has 125 heavy (non-hydrogen) atoms. The summed E-state index contributed by atoms with van der Waals surface area (Å²) in [5.74, 6) is 2.26. The first-order valence-electron chi connectivity index (χ1n) is 40.3. The molecule has 0 bridgehead atoms. The largest absolute Gasteiger partial charge is 0.497 e. The van der Waals surface area contributed by atoms with Gasteiger partial charge in [0.25, 0.3) is 0 Å². The van der Waals surface area contributed by atoms with Gasteiger partial charge in [0, 0.05) is 129 Å². The average molecular weight is 2200 g/mol. The average Bonchev–Trinajstić information content (AvgIpc) is 0.898. The second-order valence-electron chi connectivity index (χ2n) is 31.0. The number of aromatic carboxylic acids is 3. The molecule has 1 saturated carbocycles. The monoisotopic (exact) mass is 2210 g/mol. The molecule has 0 atom stereocenters. The Kier molecular flexibility index (Phi) is 31.1. The summed E-state index contributed by atoms with van der Waals surface area (Å²) < 4.78 is 17.7. The molecule has 4 aliphatic rings. The summed E-state index contributed by atoms with van der Waals surface area (Å²) in [7, 11) is 3.92. The maximum atomic E-state index is 10.8. The van der Waals surface area contributed by atoms with Crippen molar-refractivity contribution in [3.63, 3.8) is 0 Å². The number of nitrogens with zero attached hydrogens (tertiary/aromatic N) is 9. The number of carboxylic acid groups (broad SMARTS) is 3. The van der Waals surface area contributed by atoms with Crippen LogP contribution in [-0.4, -0.2) is 97.4 Å². The van der Waals surface area contributed by atoms with Crippen LogP contribution in [0, 0.1) is 45.9 Å². The number of benzene rings is 8. The Morgan fingerprint density at radius 2 is 1.02 bits per heavy atom. The number of aryl methyl sites for hydroxylation is 1. The third kappa shape index (κ3) is 20.8. The second kappa shape index (κ2) is 41.7. The van der Waals surface area contributed by atoms with E-state index in [1.54, 1.807) is 38.4 Å². The first kappa shape index (κ1) is 93.1. The van der Waals surface area contributed by atoms with Crippen molar-refractivity contribution < 1.29 is 104 Å². The number of carboxylic acids is 3.